The van der Waals surface area contributed by atoms with Gasteiger partial charge in [0.05, 0.1) is 6.04 Å². The minimum absolute atomic E-state index is 0.171. The van der Waals surface area contributed by atoms with Crippen LogP contribution in [0.2, 0.25) is 0 Å². The van der Waals surface area contributed by atoms with Crippen LogP contribution in [0.15, 0.2) is 0 Å². The predicted molar refractivity (Wildman–Crippen MR) is 74.6 cm³/mol. The molecule has 0 saturated carbocycles. The van der Waals surface area contributed by atoms with Crippen LogP contribution in [0.4, 0.5) is 5.13 Å². The summed E-state index contributed by atoms with van der Waals surface area (Å²) in [7, 11) is 0. The second-order valence-electron chi connectivity index (χ2n) is 4.84. The lowest BCUT2D eigenvalue weighted by molar-refractivity contribution is -0.117. The maximum atomic E-state index is 11.8. The molecular weight excluding hydrogens is 248 g/mol. The highest BCUT2D eigenvalue weighted by molar-refractivity contribution is 7.15. The van der Waals surface area contributed by atoms with Crippen LogP contribution in [0, 0.1) is 5.92 Å². The Morgan fingerprint density at radius 2 is 2.17 bits per heavy atom. The van der Waals surface area contributed by atoms with Gasteiger partial charge in [-0.1, -0.05) is 44.9 Å². The van der Waals surface area contributed by atoms with Crippen molar-refractivity contribution in [3.63, 3.8) is 0 Å². The molecule has 0 aromatic carbocycles. The maximum absolute atomic E-state index is 11.8. The van der Waals surface area contributed by atoms with Crippen molar-refractivity contribution in [3.05, 3.63) is 5.01 Å². The molecule has 0 aliphatic rings. The number of unbranched alkanes of at least 4 members (excludes halogenated alkanes) is 1. The topological polar surface area (TPSA) is 80.9 Å². The van der Waals surface area contributed by atoms with E-state index in [1.54, 1.807) is 0 Å². The summed E-state index contributed by atoms with van der Waals surface area (Å²) in [4.78, 5) is 11.8. The van der Waals surface area contributed by atoms with Crippen molar-refractivity contribution < 1.29 is 4.79 Å². The number of amides is 1. The van der Waals surface area contributed by atoms with Gasteiger partial charge in [0, 0.05) is 6.42 Å². The Morgan fingerprint density at radius 1 is 1.44 bits per heavy atom. The number of nitrogens with one attached hydrogen (secondary N) is 1. The molecule has 1 unspecified atom stereocenters. The molecule has 0 radical (unpaired) electrons. The van der Waals surface area contributed by atoms with E-state index in [0.717, 1.165) is 24.3 Å². The molecule has 18 heavy (non-hydrogen) atoms. The van der Waals surface area contributed by atoms with Crippen LogP contribution >= 0.6 is 11.3 Å². The summed E-state index contributed by atoms with van der Waals surface area (Å²) < 4.78 is 0. The summed E-state index contributed by atoms with van der Waals surface area (Å²) in [6.07, 6.45) is 3.59. The first kappa shape index (κ1) is 15.0. The lowest BCUT2D eigenvalue weighted by Crippen LogP contribution is -2.35. The van der Waals surface area contributed by atoms with E-state index in [4.69, 9.17) is 5.73 Å². The molecule has 1 aromatic rings. The molecule has 0 bridgehead atoms. The number of rotatable bonds is 7. The first-order valence-corrected chi connectivity index (χ1v) is 7.23. The second kappa shape index (κ2) is 7.43. The highest BCUT2D eigenvalue weighted by atomic mass is 32.1. The van der Waals surface area contributed by atoms with Gasteiger partial charge in [-0.15, -0.1) is 10.2 Å². The lowest BCUT2D eigenvalue weighted by atomic mass is 10.1. The molecule has 6 heteroatoms. The van der Waals surface area contributed by atoms with Crippen molar-refractivity contribution in [1.82, 2.24) is 10.2 Å². The fourth-order valence-electron chi connectivity index (χ4n) is 1.49. The zero-order valence-electron chi connectivity index (χ0n) is 11.3. The molecule has 1 atom stereocenters. The largest absolute Gasteiger partial charge is 0.320 e. The van der Waals surface area contributed by atoms with Gasteiger partial charge in [0.1, 0.15) is 5.01 Å². The van der Waals surface area contributed by atoms with Crippen molar-refractivity contribution in [2.75, 3.05) is 5.32 Å². The molecular formula is C12H22N4OS. The highest BCUT2D eigenvalue weighted by Gasteiger charge is 2.15. The Balaban J connectivity index is 2.46. The van der Waals surface area contributed by atoms with Gasteiger partial charge in [0.15, 0.2) is 0 Å². The number of nitrogens with two attached hydrogens (primary N) is 1. The van der Waals surface area contributed by atoms with Crippen LogP contribution in [0.1, 0.15) is 45.0 Å². The van der Waals surface area contributed by atoms with Gasteiger partial charge in [0.25, 0.3) is 0 Å². The van der Waals surface area contributed by atoms with Gasteiger partial charge in [-0.05, 0) is 12.3 Å². The number of aromatic nitrogens is 2. The van der Waals surface area contributed by atoms with E-state index < -0.39 is 6.04 Å². The number of carbonyl (C=O) groups excluding carboxylic acids is 1. The molecule has 3 N–H and O–H groups in total. The zero-order valence-corrected chi connectivity index (χ0v) is 12.1. The van der Waals surface area contributed by atoms with Crippen molar-refractivity contribution >= 4 is 22.4 Å². The monoisotopic (exact) mass is 270 g/mol. The molecule has 1 aromatic heterocycles. The summed E-state index contributed by atoms with van der Waals surface area (Å²) in [5, 5.41) is 12.2. The van der Waals surface area contributed by atoms with Crippen molar-refractivity contribution in [2.24, 2.45) is 11.7 Å². The number of nitrogens with zero attached hydrogens (tertiary/aromatic N) is 2. The summed E-state index contributed by atoms with van der Waals surface area (Å²) in [6, 6.07) is -0.456. The number of hydrogen-bond acceptors (Lipinski definition) is 5. The molecule has 102 valence electrons. The summed E-state index contributed by atoms with van der Waals surface area (Å²) in [5.74, 6) is 0.365. The fraction of sp³-hybridized carbons (Fsp3) is 0.750. The maximum Gasteiger partial charge on any atom is 0.243 e. The minimum atomic E-state index is -0.456. The van der Waals surface area contributed by atoms with E-state index in [1.807, 2.05) is 0 Å². The molecule has 0 spiro atoms. The fourth-order valence-corrected chi connectivity index (χ4v) is 2.44. The van der Waals surface area contributed by atoms with Crippen LogP contribution in [-0.2, 0) is 11.2 Å². The molecule has 0 aliphatic heterocycles. The number of anilines is 1. The van der Waals surface area contributed by atoms with E-state index in [9.17, 15) is 4.79 Å². The van der Waals surface area contributed by atoms with Gasteiger partial charge in [-0.25, -0.2) is 0 Å². The molecule has 0 saturated heterocycles. The predicted octanol–water partition coefficient (Wildman–Crippen LogP) is 2.19. The lowest BCUT2D eigenvalue weighted by Gasteiger charge is -2.09. The first-order chi connectivity index (χ1) is 8.52. The van der Waals surface area contributed by atoms with Gasteiger partial charge < -0.3 is 5.73 Å². The molecule has 1 amide bonds. The SMILES string of the molecule is CCCCC(N)C(=O)Nc1nnc(CC(C)C)s1. The van der Waals surface area contributed by atoms with Crippen molar-refractivity contribution in [1.29, 1.82) is 0 Å². The average molecular weight is 270 g/mol. The van der Waals surface area contributed by atoms with E-state index in [-0.39, 0.29) is 5.91 Å². The standard InChI is InChI=1S/C12H22N4OS/c1-4-5-6-9(13)11(17)14-12-16-15-10(18-12)7-8(2)3/h8-9H,4-7,13H2,1-3H3,(H,14,16,17). The Hall–Kier alpha value is -1.01. The third-order valence-corrected chi connectivity index (χ3v) is 3.35. The van der Waals surface area contributed by atoms with Crippen molar-refractivity contribution in [3.8, 4) is 0 Å². The number of carbonyl (C=O) groups is 1. The van der Waals surface area contributed by atoms with Crippen LogP contribution in [0.25, 0.3) is 0 Å². The highest BCUT2D eigenvalue weighted by Crippen LogP contribution is 2.18. The van der Waals surface area contributed by atoms with Crippen LogP contribution in [0.5, 0.6) is 0 Å². The zero-order chi connectivity index (χ0) is 13.5. The molecule has 5 nitrogen and oxygen atoms in total. The van der Waals surface area contributed by atoms with E-state index >= 15 is 0 Å². The van der Waals surface area contributed by atoms with Gasteiger partial charge in [-0.2, -0.15) is 0 Å². The number of hydrogen-bond donors (Lipinski definition) is 2. The van der Waals surface area contributed by atoms with Gasteiger partial charge in [0.2, 0.25) is 11.0 Å². The van der Waals surface area contributed by atoms with Gasteiger partial charge in [-0.3, -0.25) is 10.1 Å². The Bertz CT molecular complexity index is 378. The average Bonchev–Trinajstić information content (AvgIpc) is 2.72. The first-order valence-electron chi connectivity index (χ1n) is 6.41. The van der Waals surface area contributed by atoms with E-state index in [1.165, 1.54) is 11.3 Å². The molecule has 1 heterocycles. The Morgan fingerprint density at radius 3 is 2.78 bits per heavy atom. The molecule has 0 aliphatic carbocycles. The molecule has 1 rings (SSSR count). The normalized spacial score (nSPS) is 12.7. The third kappa shape index (κ3) is 5.10. The van der Waals surface area contributed by atoms with Crippen LogP contribution < -0.4 is 11.1 Å². The summed E-state index contributed by atoms with van der Waals surface area (Å²) in [6.45, 7) is 6.33. The van der Waals surface area contributed by atoms with Crippen LogP contribution in [0.3, 0.4) is 0 Å². The summed E-state index contributed by atoms with van der Waals surface area (Å²) in [5.41, 5.74) is 5.78. The molecule has 0 fully saturated rings. The summed E-state index contributed by atoms with van der Waals surface area (Å²) >= 11 is 1.42. The van der Waals surface area contributed by atoms with Gasteiger partial charge >= 0.3 is 0 Å². The second-order valence-corrected chi connectivity index (χ2v) is 5.90. The van der Waals surface area contributed by atoms with Crippen molar-refractivity contribution in [2.45, 2.75) is 52.5 Å². The Kier molecular flexibility index (Phi) is 6.21. The quantitative estimate of drug-likeness (QED) is 0.796. The minimum Gasteiger partial charge on any atom is -0.320 e. The third-order valence-electron chi connectivity index (χ3n) is 2.49. The Labute approximate surface area is 112 Å². The van der Waals surface area contributed by atoms with E-state index in [2.05, 4.69) is 36.3 Å². The van der Waals surface area contributed by atoms with Crippen LogP contribution in [-0.4, -0.2) is 22.1 Å². The smallest absolute Gasteiger partial charge is 0.243 e. The van der Waals surface area contributed by atoms with E-state index in [0.29, 0.717) is 17.5 Å².